The zero-order valence-corrected chi connectivity index (χ0v) is 9.48. The van der Waals surface area contributed by atoms with Crippen LogP contribution in [0.15, 0.2) is 21.9 Å². The molecule has 0 fully saturated rings. The first kappa shape index (κ1) is 12.5. The van der Waals surface area contributed by atoms with Gasteiger partial charge in [0.15, 0.2) is 0 Å². The summed E-state index contributed by atoms with van der Waals surface area (Å²) in [5.74, 6) is -0.401. The molecule has 6 nitrogen and oxygen atoms in total. The predicted octanol–water partition coefficient (Wildman–Crippen LogP) is 1.56. The van der Waals surface area contributed by atoms with E-state index in [-0.39, 0.29) is 0 Å². The van der Waals surface area contributed by atoms with Crippen molar-refractivity contribution in [2.24, 2.45) is 10.8 Å². The van der Waals surface area contributed by atoms with E-state index in [1.54, 1.807) is 0 Å². The first-order chi connectivity index (χ1) is 7.75. The number of nitrogens with one attached hydrogen (secondary N) is 1. The fourth-order valence-electron chi connectivity index (χ4n) is 1.26. The summed E-state index contributed by atoms with van der Waals surface area (Å²) in [6.07, 6.45) is 0.679. The Morgan fingerprint density at radius 3 is 3.12 bits per heavy atom. The van der Waals surface area contributed by atoms with E-state index < -0.39 is 11.9 Å². The van der Waals surface area contributed by atoms with Crippen molar-refractivity contribution in [2.45, 2.75) is 12.5 Å². The van der Waals surface area contributed by atoms with Crippen LogP contribution in [-0.4, -0.2) is 19.0 Å². The largest absolute Gasteiger partial charge is 0.368 e. The van der Waals surface area contributed by atoms with Crippen molar-refractivity contribution in [2.75, 3.05) is 13.1 Å². The number of primary amides is 1. The molecule has 0 aliphatic carbocycles. The van der Waals surface area contributed by atoms with Crippen LogP contribution in [0.1, 0.15) is 18.0 Å². The number of carbonyl (C=O) groups excluding carboxylic acids is 1. The summed E-state index contributed by atoms with van der Waals surface area (Å²) in [5.41, 5.74) is 14.2. The Hall–Kier alpha value is -1.56. The summed E-state index contributed by atoms with van der Waals surface area (Å²) in [5, 5.41) is 10.2. The van der Waals surface area contributed by atoms with Gasteiger partial charge in [-0.3, -0.25) is 4.79 Å². The first-order valence-corrected chi connectivity index (χ1v) is 5.75. The van der Waals surface area contributed by atoms with E-state index in [1.165, 1.54) is 11.3 Å². The highest BCUT2D eigenvalue weighted by molar-refractivity contribution is 7.08. The number of nitrogens with zero attached hydrogens (tertiary/aromatic N) is 3. The van der Waals surface area contributed by atoms with Gasteiger partial charge < -0.3 is 11.1 Å². The Morgan fingerprint density at radius 1 is 1.75 bits per heavy atom. The van der Waals surface area contributed by atoms with Gasteiger partial charge in [0.1, 0.15) is 6.04 Å². The lowest BCUT2D eigenvalue weighted by Gasteiger charge is -2.13. The third kappa shape index (κ3) is 3.90. The summed E-state index contributed by atoms with van der Waals surface area (Å²) >= 11 is 1.52. The second kappa shape index (κ2) is 6.84. The Balaban J connectivity index is 2.41. The van der Waals surface area contributed by atoms with Gasteiger partial charge in [-0.05, 0) is 40.9 Å². The Bertz CT molecular complexity index is 371. The maximum absolute atomic E-state index is 11.2. The zero-order chi connectivity index (χ0) is 11.8. The Labute approximate surface area is 97.1 Å². The number of nitrogens with two attached hydrogens (primary N) is 1. The van der Waals surface area contributed by atoms with Gasteiger partial charge in [-0.25, -0.2) is 0 Å². The minimum atomic E-state index is -0.461. The molecular weight excluding hydrogens is 226 g/mol. The van der Waals surface area contributed by atoms with E-state index in [9.17, 15) is 4.79 Å². The number of hydrogen-bond acceptors (Lipinski definition) is 4. The third-order valence-corrected chi connectivity index (χ3v) is 2.71. The average Bonchev–Trinajstić information content (AvgIpc) is 2.76. The van der Waals surface area contributed by atoms with Crippen LogP contribution in [0.4, 0.5) is 0 Å². The molecular formula is C9H13N5OS. The molecule has 1 aromatic rings. The van der Waals surface area contributed by atoms with Crippen LogP contribution in [0.5, 0.6) is 0 Å². The number of thiophene rings is 1. The van der Waals surface area contributed by atoms with Crippen molar-refractivity contribution in [1.29, 1.82) is 0 Å². The fourth-order valence-corrected chi connectivity index (χ4v) is 1.95. The monoisotopic (exact) mass is 239 g/mol. The number of rotatable bonds is 7. The minimum absolute atomic E-state index is 0.401. The molecule has 3 N–H and O–H groups in total. The van der Waals surface area contributed by atoms with E-state index in [1.807, 2.05) is 16.8 Å². The summed E-state index contributed by atoms with van der Waals surface area (Å²) in [6, 6.07) is 1.40. The molecule has 0 spiro atoms. The fraction of sp³-hybridized carbons (Fsp3) is 0.444. The lowest BCUT2D eigenvalue weighted by molar-refractivity contribution is -0.120. The molecule has 1 unspecified atom stereocenters. The molecule has 1 rings (SSSR count). The van der Waals surface area contributed by atoms with Crippen molar-refractivity contribution < 1.29 is 4.79 Å². The van der Waals surface area contributed by atoms with Gasteiger partial charge >= 0.3 is 0 Å². The second-order valence-electron chi connectivity index (χ2n) is 3.15. The van der Waals surface area contributed by atoms with Gasteiger partial charge in [0.2, 0.25) is 5.91 Å². The summed E-state index contributed by atoms with van der Waals surface area (Å²) in [7, 11) is 0. The highest BCUT2D eigenvalue weighted by Gasteiger charge is 2.16. The van der Waals surface area contributed by atoms with Crippen molar-refractivity contribution in [3.8, 4) is 0 Å². The quantitative estimate of drug-likeness (QED) is 0.326. The smallest absolute Gasteiger partial charge is 0.239 e. The maximum Gasteiger partial charge on any atom is 0.239 e. The van der Waals surface area contributed by atoms with Crippen molar-refractivity contribution >= 4 is 17.2 Å². The molecule has 1 aromatic heterocycles. The van der Waals surface area contributed by atoms with Gasteiger partial charge in [0, 0.05) is 11.5 Å². The van der Waals surface area contributed by atoms with E-state index in [2.05, 4.69) is 15.3 Å². The van der Waals surface area contributed by atoms with Crippen LogP contribution in [0.3, 0.4) is 0 Å². The lowest BCUT2D eigenvalue weighted by atomic mass is 10.1. The molecule has 0 radical (unpaired) electrons. The Morgan fingerprint density at radius 2 is 2.56 bits per heavy atom. The predicted molar refractivity (Wildman–Crippen MR) is 62.9 cm³/mol. The topological polar surface area (TPSA) is 104 Å². The molecule has 0 bridgehead atoms. The van der Waals surface area contributed by atoms with Crippen molar-refractivity contribution in [3.63, 3.8) is 0 Å². The Kier molecular flexibility index (Phi) is 5.35. The summed E-state index contributed by atoms with van der Waals surface area (Å²) < 4.78 is 0. The summed E-state index contributed by atoms with van der Waals surface area (Å²) in [6.45, 7) is 1.00. The second-order valence-corrected chi connectivity index (χ2v) is 3.93. The van der Waals surface area contributed by atoms with Crippen LogP contribution in [0, 0.1) is 0 Å². The molecule has 0 aliphatic heterocycles. The van der Waals surface area contributed by atoms with Crippen LogP contribution in [-0.2, 0) is 4.79 Å². The number of azide groups is 1. The van der Waals surface area contributed by atoms with E-state index in [0.717, 1.165) is 5.56 Å². The molecule has 86 valence electrons. The third-order valence-electron chi connectivity index (χ3n) is 2.01. The van der Waals surface area contributed by atoms with Crippen LogP contribution < -0.4 is 11.1 Å². The standard InChI is InChI=1S/C9H13N5OS/c10-9(15)8(7-2-5-16-6-7)12-3-1-4-13-14-11/h2,5-6,8,12H,1,3-4H2,(H2,10,15). The normalized spacial score (nSPS) is 11.8. The molecule has 0 saturated carbocycles. The molecule has 1 heterocycles. The highest BCUT2D eigenvalue weighted by Crippen LogP contribution is 2.15. The van der Waals surface area contributed by atoms with Crippen molar-refractivity contribution in [1.82, 2.24) is 5.32 Å². The minimum Gasteiger partial charge on any atom is -0.368 e. The molecule has 0 aromatic carbocycles. The lowest BCUT2D eigenvalue weighted by Crippen LogP contribution is -2.34. The molecule has 16 heavy (non-hydrogen) atoms. The molecule has 7 heteroatoms. The molecule has 0 saturated heterocycles. The van der Waals surface area contributed by atoms with Gasteiger partial charge in [0.25, 0.3) is 0 Å². The summed E-state index contributed by atoms with van der Waals surface area (Å²) in [4.78, 5) is 13.8. The van der Waals surface area contributed by atoms with Gasteiger partial charge in [-0.1, -0.05) is 5.11 Å². The zero-order valence-electron chi connectivity index (χ0n) is 8.67. The van der Waals surface area contributed by atoms with Crippen LogP contribution in [0.25, 0.3) is 10.4 Å². The van der Waals surface area contributed by atoms with Gasteiger partial charge in [-0.2, -0.15) is 11.3 Å². The van der Waals surface area contributed by atoms with E-state index in [0.29, 0.717) is 19.5 Å². The maximum atomic E-state index is 11.2. The molecule has 1 amide bonds. The number of hydrogen-bond donors (Lipinski definition) is 2. The highest BCUT2D eigenvalue weighted by atomic mass is 32.1. The van der Waals surface area contributed by atoms with Crippen molar-refractivity contribution in [3.05, 3.63) is 32.8 Å². The SMILES string of the molecule is [N-]=[N+]=NCCCNC(C(N)=O)c1ccsc1. The van der Waals surface area contributed by atoms with E-state index >= 15 is 0 Å². The number of carbonyl (C=O) groups is 1. The number of amides is 1. The van der Waals surface area contributed by atoms with Crippen LogP contribution >= 0.6 is 11.3 Å². The van der Waals surface area contributed by atoms with E-state index in [4.69, 9.17) is 11.3 Å². The average molecular weight is 239 g/mol. The molecule has 0 aliphatic rings. The first-order valence-electron chi connectivity index (χ1n) is 4.81. The van der Waals surface area contributed by atoms with Crippen LogP contribution in [0.2, 0.25) is 0 Å². The van der Waals surface area contributed by atoms with Gasteiger partial charge in [0.05, 0.1) is 0 Å². The molecule has 1 atom stereocenters. The van der Waals surface area contributed by atoms with Gasteiger partial charge in [-0.15, -0.1) is 0 Å².